The molecule has 4 heteroatoms. The number of hydrogen-bond donors (Lipinski definition) is 0. The lowest BCUT2D eigenvalue weighted by molar-refractivity contribution is 0.0118. The smallest absolute Gasteiger partial charge is 0.261 e. The molecule has 1 heterocycles. The molecule has 1 aliphatic rings. The molecule has 0 spiro atoms. The number of hydrogen-bond acceptors (Lipinski definition) is 2. The molecule has 0 atom stereocenters. The Labute approximate surface area is 99.6 Å². The van der Waals surface area contributed by atoms with Crippen molar-refractivity contribution in [3.05, 3.63) is 0 Å². The van der Waals surface area contributed by atoms with E-state index in [1.54, 1.807) is 0 Å². The summed E-state index contributed by atoms with van der Waals surface area (Å²) in [5, 5.41) is 0. The van der Waals surface area contributed by atoms with Crippen LogP contribution in [0, 0.1) is 0 Å². The van der Waals surface area contributed by atoms with Crippen LogP contribution in [0.4, 0.5) is 8.78 Å². The van der Waals surface area contributed by atoms with Crippen molar-refractivity contribution in [1.82, 2.24) is 9.80 Å². The van der Waals surface area contributed by atoms with Crippen molar-refractivity contribution in [1.29, 1.82) is 0 Å². The first-order valence-corrected chi connectivity index (χ1v) is 6.24. The van der Waals surface area contributed by atoms with Gasteiger partial charge in [-0.3, -0.25) is 4.90 Å². The summed E-state index contributed by atoms with van der Waals surface area (Å²) in [7, 11) is 3.91. The molecule has 1 saturated heterocycles. The zero-order valence-corrected chi connectivity index (χ0v) is 11.7. The molecule has 1 aliphatic heterocycles. The van der Waals surface area contributed by atoms with Crippen molar-refractivity contribution in [2.45, 2.75) is 40.0 Å². The van der Waals surface area contributed by atoms with E-state index < -0.39 is 5.92 Å². The van der Waals surface area contributed by atoms with Gasteiger partial charge in [-0.2, -0.15) is 0 Å². The van der Waals surface area contributed by atoms with Crippen molar-refractivity contribution < 1.29 is 8.78 Å². The molecule has 16 heavy (non-hydrogen) atoms. The van der Waals surface area contributed by atoms with E-state index in [1.807, 2.05) is 51.6 Å². The van der Waals surface area contributed by atoms with Crippen molar-refractivity contribution in [3.8, 4) is 0 Å². The molecule has 0 aromatic rings. The van der Waals surface area contributed by atoms with Crippen LogP contribution in [0.25, 0.3) is 0 Å². The molecule has 100 valence electrons. The van der Waals surface area contributed by atoms with Crippen LogP contribution in [0.5, 0.6) is 0 Å². The Balaban J connectivity index is 0. The normalized spacial score (nSPS) is 18.6. The zero-order valence-electron chi connectivity index (χ0n) is 11.7. The number of likely N-dealkylation sites (tertiary alicyclic amines) is 1. The second-order valence-electron chi connectivity index (χ2n) is 3.69. The summed E-state index contributed by atoms with van der Waals surface area (Å²) in [6, 6.07) is 0. The van der Waals surface area contributed by atoms with E-state index >= 15 is 0 Å². The second kappa shape index (κ2) is 9.97. The largest absolute Gasteiger partial charge is 0.308 e. The average Bonchev–Trinajstić information content (AvgIpc) is 2.61. The maximum atomic E-state index is 12.7. The van der Waals surface area contributed by atoms with Gasteiger partial charge in [-0.1, -0.05) is 27.7 Å². The highest BCUT2D eigenvalue weighted by Gasteiger charge is 2.37. The first-order valence-electron chi connectivity index (χ1n) is 6.24. The van der Waals surface area contributed by atoms with E-state index in [0.29, 0.717) is 6.54 Å². The van der Waals surface area contributed by atoms with Gasteiger partial charge in [-0.05, 0) is 14.1 Å². The van der Waals surface area contributed by atoms with Crippen LogP contribution in [0.3, 0.4) is 0 Å². The van der Waals surface area contributed by atoms with E-state index in [9.17, 15) is 8.78 Å². The summed E-state index contributed by atoms with van der Waals surface area (Å²) < 4.78 is 25.3. The van der Waals surface area contributed by atoms with E-state index in [4.69, 9.17) is 0 Å². The van der Waals surface area contributed by atoms with Gasteiger partial charge in [0.1, 0.15) is 0 Å². The molecule has 2 nitrogen and oxygen atoms in total. The second-order valence-corrected chi connectivity index (χ2v) is 3.69. The predicted octanol–water partition coefficient (Wildman–Crippen LogP) is 2.94. The standard InChI is InChI=1S/C8H16F2N2.2C2H6/c1-11(2)5-6-12-4-3-8(9,10)7-12;2*1-2/h3-7H2,1-2H3;2*1-2H3. The SMILES string of the molecule is CC.CC.CN(C)CCN1CCC(F)(F)C1. The number of nitrogens with zero attached hydrogens (tertiary/aromatic N) is 2. The maximum Gasteiger partial charge on any atom is 0.261 e. The van der Waals surface area contributed by atoms with Crippen LogP contribution >= 0.6 is 0 Å². The van der Waals surface area contributed by atoms with Gasteiger partial charge in [-0.25, -0.2) is 8.78 Å². The Morgan fingerprint density at radius 1 is 1.12 bits per heavy atom. The monoisotopic (exact) mass is 238 g/mol. The average molecular weight is 238 g/mol. The lowest BCUT2D eigenvalue weighted by Crippen LogP contribution is -2.31. The minimum absolute atomic E-state index is 0.0282. The first-order chi connectivity index (χ1) is 7.49. The molecular formula is C12H28F2N2. The topological polar surface area (TPSA) is 6.48 Å². The summed E-state index contributed by atoms with van der Waals surface area (Å²) in [5.74, 6) is -2.44. The molecule has 0 saturated carbocycles. The van der Waals surface area contributed by atoms with E-state index in [1.165, 1.54) is 0 Å². The number of rotatable bonds is 3. The highest BCUT2D eigenvalue weighted by Crippen LogP contribution is 2.26. The van der Waals surface area contributed by atoms with Gasteiger partial charge in [0.15, 0.2) is 0 Å². The Kier molecular flexibility index (Phi) is 11.3. The van der Waals surface area contributed by atoms with Gasteiger partial charge in [-0.15, -0.1) is 0 Å². The van der Waals surface area contributed by atoms with Crippen LogP contribution in [0.1, 0.15) is 34.1 Å². The molecule has 1 fully saturated rings. The lowest BCUT2D eigenvalue weighted by Gasteiger charge is -2.17. The summed E-state index contributed by atoms with van der Waals surface area (Å²) >= 11 is 0. The van der Waals surface area contributed by atoms with Crippen LogP contribution in [0.15, 0.2) is 0 Å². The fourth-order valence-corrected chi connectivity index (χ4v) is 1.34. The summed E-state index contributed by atoms with van der Waals surface area (Å²) in [6.45, 7) is 10.1. The third kappa shape index (κ3) is 9.04. The van der Waals surface area contributed by atoms with Crippen LogP contribution < -0.4 is 0 Å². The Hall–Kier alpha value is -0.220. The summed E-state index contributed by atoms with van der Waals surface area (Å²) in [6.07, 6.45) is 0.0282. The van der Waals surface area contributed by atoms with Gasteiger partial charge < -0.3 is 4.90 Å². The predicted molar refractivity (Wildman–Crippen MR) is 67.3 cm³/mol. The molecule has 0 radical (unpaired) electrons. The highest BCUT2D eigenvalue weighted by atomic mass is 19.3. The van der Waals surface area contributed by atoms with Gasteiger partial charge in [0.2, 0.25) is 0 Å². The van der Waals surface area contributed by atoms with E-state index in [0.717, 1.165) is 13.1 Å². The number of likely N-dealkylation sites (N-methyl/N-ethyl adjacent to an activating group) is 1. The Morgan fingerprint density at radius 2 is 1.62 bits per heavy atom. The molecule has 0 aromatic carbocycles. The molecular weight excluding hydrogens is 210 g/mol. The minimum Gasteiger partial charge on any atom is -0.308 e. The van der Waals surface area contributed by atoms with E-state index in [-0.39, 0.29) is 13.0 Å². The summed E-state index contributed by atoms with van der Waals surface area (Å²) in [5.41, 5.74) is 0. The quantitative estimate of drug-likeness (QED) is 0.746. The fraction of sp³-hybridized carbons (Fsp3) is 1.00. The van der Waals surface area contributed by atoms with Gasteiger partial charge in [0.05, 0.1) is 6.54 Å². The van der Waals surface area contributed by atoms with Gasteiger partial charge >= 0.3 is 0 Å². The maximum absolute atomic E-state index is 12.7. The highest BCUT2D eigenvalue weighted by molar-refractivity contribution is 4.81. The third-order valence-corrected chi connectivity index (χ3v) is 2.11. The molecule has 0 aromatic heterocycles. The molecule has 0 aliphatic carbocycles. The molecule has 0 bridgehead atoms. The van der Waals surface area contributed by atoms with Crippen molar-refractivity contribution >= 4 is 0 Å². The minimum atomic E-state index is -2.44. The molecule has 0 N–H and O–H groups in total. The van der Waals surface area contributed by atoms with E-state index in [2.05, 4.69) is 0 Å². The van der Waals surface area contributed by atoms with Crippen LogP contribution in [0.2, 0.25) is 0 Å². The molecule has 0 amide bonds. The van der Waals surface area contributed by atoms with Crippen LogP contribution in [-0.4, -0.2) is 56.0 Å². The van der Waals surface area contributed by atoms with Gasteiger partial charge in [0, 0.05) is 26.1 Å². The molecule has 0 unspecified atom stereocenters. The van der Waals surface area contributed by atoms with Crippen LogP contribution in [-0.2, 0) is 0 Å². The molecule has 1 rings (SSSR count). The van der Waals surface area contributed by atoms with Crippen molar-refractivity contribution in [2.24, 2.45) is 0 Å². The lowest BCUT2D eigenvalue weighted by atomic mass is 10.3. The number of halogens is 2. The first kappa shape index (κ1) is 18.2. The fourth-order valence-electron chi connectivity index (χ4n) is 1.34. The van der Waals surface area contributed by atoms with Gasteiger partial charge in [0.25, 0.3) is 5.92 Å². The zero-order chi connectivity index (χ0) is 13.2. The summed E-state index contributed by atoms with van der Waals surface area (Å²) in [4.78, 5) is 3.83. The third-order valence-electron chi connectivity index (χ3n) is 2.11. The van der Waals surface area contributed by atoms with Crippen molar-refractivity contribution in [2.75, 3.05) is 40.3 Å². The van der Waals surface area contributed by atoms with Crippen molar-refractivity contribution in [3.63, 3.8) is 0 Å². The number of alkyl halides is 2. The Bertz CT molecular complexity index is 150. The Morgan fingerprint density at radius 3 is 1.94 bits per heavy atom.